The summed E-state index contributed by atoms with van der Waals surface area (Å²) in [5, 5.41) is 3.15. The van der Waals surface area contributed by atoms with Crippen LogP contribution >= 0.6 is 0 Å². The van der Waals surface area contributed by atoms with Gasteiger partial charge in [0.25, 0.3) is 0 Å². The molecule has 0 aliphatic heterocycles. The number of fused-ring (bicyclic) bond motifs is 1. The summed E-state index contributed by atoms with van der Waals surface area (Å²) in [6, 6.07) is 12.6. The van der Waals surface area contributed by atoms with Crippen molar-refractivity contribution in [1.29, 1.82) is 0 Å². The molecular formula is C25H34N4O4S. The molecule has 0 aliphatic rings. The molecule has 1 atom stereocenters. The number of methoxy groups -OCH3 is 1. The van der Waals surface area contributed by atoms with E-state index in [2.05, 4.69) is 24.1 Å². The van der Waals surface area contributed by atoms with E-state index in [1.165, 1.54) is 18.4 Å². The summed E-state index contributed by atoms with van der Waals surface area (Å²) in [6.45, 7) is 6.83. The third-order valence-electron chi connectivity index (χ3n) is 5.93. The van der Waals surface area contributed by atoms with Crippen LogP contribution in [0.15, 0.2) is 47.4 Å². The van der Waals surface area contributed by atoms with Crippen molar-refractivity contribution in [1.82, 2.24) is 19.2 Å². The second-order valence-electron chi connectivity index (χ2n) is 8.77. The smallest absolute Gasteiger partial charge is 0.242 e. The van der Waals surface area contributed by atoms with E-state index in [0.29, 0.717) is 18.5 Å². The average Bonchev–Trinajstić information content (AvgIpc) is 3.17. The zero-order valence-corrected chi connectivity index (χ0v) is 21.5. The number of ether oxygens (including phenoxy) is 1. The van der Waals surface area contributed by atoms with Gasteiger partial charge in [0.2, 0.25) is 15.9 Å². The Bertz CT molecular complexity index is 1250. The molecule has 34 heavy (non-hydrogen) atoms. The van der Waals surface area contributed by atoms with E-state index in [9.17, 15) is 13.2 Å². The van der Waals surface area contributed by atoms with Gasteiger partial charge in [-0.2, -0.15) is 0 Å². The molecule has 0 radical (unpaired) electrons. The van der Waals surface area contributed by atoms with Crippen LogP contribution < -0.4 is 10.1 Å². The molecule has 0 fully saturated rings. The number of aromatic nitrogens is 2. The van der Waals surface area contributed by atoms with Gasteiger partial charge in [-0.1, -0.05) is 26.0 Å². The third kappa shape index (κ3) is 5.42. The Balaban J connectivity index is 1.77. The minimum atomic E-state index is -3.54. The fourth-order valence-electron chi connectivity index (χ4n) is 3.99. The highest BCUT2D eigenvalue weighted by Gasteiger charge is 2.21. The Hall–Kier alpha value is -2.91. The molecule has 1 aromatic heterocycles. The Labute approximate surface area is 202 Å². The molecule has 8 nitrogen and oxygen atoms in total. The quantitative estimate of drug-likeness (QED) is 0.471. The average molecular weight is 487 g/mol. The minimum Gasteiger partial charge on any atom is -0.497 e. The van der Waals surface area contributed by atoms with E-state index in [0.717, 1.165) is 22.7 Å². The van der Waals surface area contributed by atoms with Crippen LogP contribution in [0.2, 0.25) is 0 Å². The molecule has 1 heterocycles. The number of nitrogens with zero attached hydrogens (tertiary/aromatic N) is 3. The van der Waals surface area contributed by atoms with E-state index >= 15 is 0 Å². The molecular weight excluding hydrogens is 452 g/mol. The molecule has 1 N–H and O–H groups in total. The van der Waals surface area contributed by atoms with Gasteiger partial charge >= 0.3 is 0 Å². The maximum Gasteiger partial charge on any atom is 0.242 e. The van der Waals surface area contributed by atoms with Gasteiger partial charge in [0.15, 0.2) is 0 Å². The molecule has 1 amide bonds. The van der Waals surface area contributed by atoms with Gasteiger partial charge in [-0.3, -0.25) is 4.79 Å². The van der Waals surface area contributed by atoms with E-state index in [1.54, 1.807) is 25.3 Å². The predicted octanol–water partition coefficient (Wildman–Crippen LogP) is 3.76. The predicted molar refractivity (Wildman–Crippen MR) is 133 cm³/mol. The second kappa shape index (κ2) is 10.6. The van der Waals surface area contributed by atoms with Gasteiger partial charge in [0.1, 0.15) is 11.6 Å². The standard InChI is InChI=1S/C25H34N4O4S/c1-7-29-22-13-12-20(34(31,32)28(4)5)16-21(22)26-23(29)14-15-24(30)27-25(17(2)3)18-8-10-19(33-6)11-9-18/h8-13,16-17,25H,7,14-15H2,1-6H3,(H,27,30). The molecule has 3 rings (SSSR count). The van der Waals surface area contributed by atoms with Crippen LogP contribution in [-0.2, 0) is 27.8 Å². The van der Waals surface area contributed by atoms with Crippen molar-refractivity contribution in [2.75, 3.05) is 21.2 Å². The first-order valence-corrected chi connectivity index (χ1v) is 12.9. The van der Waals surface area contributed by atoms with Crippen LogP contribution in [-0.4, -0.2) is 49.4 Å². The van der Waals surface area contributed by atoms with Gasteiger partial charge in [0, 0.05) is 33.5 Å². The number of aryl methyl sites for hydroxylation is 2. The lowest BCUT2D eigenvalue weighted by Crippen LogP contribution is -2.32. The first-order chi connectivity index (χ1) is 16.1. The van der Waals surface area contributed by atoms with Crippen molar-refractivity contribution >= 4 is 27.0 Å². The lowest BCUT2D eigenvalue weighted by atomic mass is 9.95. The highest BCUT2D eigenvalue weighted by atomic mass is 32.2. The highest BCUT2D eigenvalue weighted by molar-refractivity contribution is 7.89. The van der Waals surface area contributed by atoms with E-state index < -0.39 is 10.0 Å². The SMILES string of the molecule is CCn1c(CCC(=O)NC(c2ccc(OC)cc2)C(C)C)nc2cc(S(=O)(=O)N(C)C)ccc21. The molecule has 9 heteroatoms. The summed E-state index contributed by atoms with van der Waals surface area (Å²) in [5.41, 5.74) is 2.49. The number of sulfonamides is 1. The number of benzene rings is 2. The molecule has 0 aliphatic carbocycles. The zero-order valence-electron chi connectivity index (χ0n) is 20.7. The number of nitrogens with one attached hydrogen (secondary N) is 1. The normalized spacial score (nSPS) is 12.9. The monoisotopic (exact) mass is 486 g/mol. The molecule has 184 valence electrons. The van der Waals surface area contributed by atoms with Crippen LogP contribution in [0.3, 0.4) is 0 Å². The zero-order chi connectivity index (χ0) is 25.0. The molecule has 3 aromatic rings. The van der Waals surface area contributed by atoms with Crippen molar-refractivity contribution in [2.45, 2.75) is 51.1 Å². The van der Waals surface area contributed by atoms with Gasteiger partial charge < -0.3 is 14.6 Å². The summed E-state index contributed by atoms with van der Waals surface area (Å²) in [7, 11) is 1.09. The van der Waals surface area contributed by atoms with E-state index in [1.807, 2.05) is 35.8 Å². The lowest BCUT2D eigenvalue weighted by molar-refractivity contribution is -0.122. The van der Waals surface area contributed by atoms with E-state index in [-0.39, 0.29) is 29.2 Å². The van der Waals surface area contributed by atoms with Gasteiger partial charge in [-0.25, -0.2) is 17.7 Å². The van der Waals surface area contributed by atoms with Crippen molar-refractivity contribution in [3.05, 3.63) is 53.9 Å². The number of hydrogen-bond acceptors (Lipinski definition) is 5. The number of carbonyl (C=O) groups is 1. The summed E-state index contributed by atoms with van der Waals surface area (Å²) in [5.74, 6) is 1.70. The first-order valence-electron chi connectivity index (χ1n) is 11.4. The molecule has 2 aromatic carbocycles. The van der Waals surface area contributed by atoms with Crippen molar-refractivity contribution in [3.63, 3.8) is 0 Å². The van der Waals surface area contributed by atoms with Crippen LogP contribution in [0.4, 0.5) is 0 Å². The third-order valence-corrected chi connectivity index (χ3v) is 7.74. The Morgan fingerprint density at radius 2 is 1.82 bits per heavy atom. The Morgan fingerprint density at radius 1 is 1.15 bits per heavy atom. The maximum atomic E-state index is 12.8. The van der Waals surface area contributed by atoms with Gasteiger partial charge in [-0.15, -0.1) is 0 Å². The first kappa shape index (κ1) is 25.7. The van der Waals surface area contributed by atoms with Gasteiger partial charge in [-0.05, 0) is 48.7 Å². The number of imidazole rings is 1. The summed E-state index contributed by atoms with van der Waals surface area (Å²) in [6.07, 6.45) is 0.739. The Kier molecular flexibility index (Phi) is 7.99. The number of amides is 1. The number of rotatable bonds is 10. The van der Waals surface area contributed by atoms with Crippen molar-refractivity contribution in [3.8, 4) is 5.75 Å². The van der Waals surface area contributed by atoms with Crippen molar-refractivity contribution in [2.24, 2.45) is 5.92 Å². The fourth-order valence-corrected chi connectivity index (χ4v) is 4.91. The minimum absolute atomic E-state index is 0.0555. The highest BCUT2D eigenvalue weighted by Crippen LogP contribution is 2.25. The largest absolute Gasteiger partial charge is 0.497 e. The number of hydrogen-bond donors (Lipinski definition) is 1. The summed E-state index contributed by atoms with van der Waals surface area (Å²) < 4.78 is 33.4. The van der Waals surface area contributed by atoms with Crippen LogP contribution in [0.25, 0.3) is 11.0 Å². The van der Waals surface area contributed by atoms with Crippen LogP contribution in [0.5, 0.6) is 5.75 Å². The van der Waals surface area contributed by atoms with Crippen LogP contribution in [0, 0.1) is 5.92 Å². The van der Waals surface area contributed by atoms with Crippen molar-refractivity contribution < 1.29 is 17.9 Å². The molecule has 0 saturated heterocycles. The fraction of sp³-hybridized carbons (Fsp3) is 0.440. The van der Waals surface area contributed by atoms with Gasteiger partial charge in [0.05, 0.1) is 29.1 Å². The second-order valence-corrected chi connectivity index (χ2v) is 10.9. The topological polar surface area (TPSA) is 93.5 Å². The molecule has 0 saturated carbocycles. The number of carbonyl (C=O) groups excluding carboxylic acids is 1. The summed E-state index contributed by atoms with van der Waals surface area (Å²) in [4.78, 5) is 17.7. The molecule has 1 unspecified atom stereocenters. The summed E-state index contributed by atoms with van der Waals surface area (Å²) >= 11 is 0. The van der Waals surface area contributed by atoms with Crippen LogP contribution in [0.1, 0.15) is 44.6 Å². The molecule has 0 bridgehead atoms. The Morgan fingerprint density at radius 3 is 2.38 bits per heavy atom. The molecule has 0 spiro atoms. The lowest BCUT2D eigenvalue weighted by Gasteiger charge is -2.23. The van der Waals surface area contributed by atoms with E-state index in [4.69, 9.17) is 4.74 Å². The maximum absolute atomic E-state index is 12.8.